The molecule has 0 bridgehead atoms. The molecule has 0 aliphatic carbocycles. The lowest BCUT2D eigenvalue weighted by Gasteiger charge is -2.10. The first-order valence-electron chi connectivity index (χ1n) is 5.34. The minimum Gasteiger partial charge on any atom is -0.352 e. The lowest BCUT2D eigenvalue weighted by atomic mass is 10.1. The van der Waals surface area contributed by atoms with Gasteiger partial charge in [0.05, 0.1) is 5.56 Å². The van der Waals surface area contributed by atoms with Gasteiger partial charge < -0.3 is 5.32 Å². The first-order chi connectivity index (χ1) is 8.16. The van der Waals surface area contributed by atoms with Gasteiger partial charge in [0.15, 0.2) is 0 Å². The molecule has 6 heteroatoms. The van der Waals surface area contributed by atoms with Gasteiger partial charge in [0.2, 0.25) is 0 Å². The average Bonchev–Trinajstić information content (AvgIpc) is 2.82. The van der Waals surface area contributed by atoms with E-state index in [9.17, 15) is 4.79 Å². The van der Waals surface area contributed by atoms with Crippen LogP contribution in [0.5, 0.6) is 0 Å². The predicted molar refractivity (Wildman–Crippen MR) is 74.7 cm³/mol. The van der Waals surface area contributed by atoms with E-state index in [1.807, 2.05) is 11.8 Å². The summed E-state index contributed by atoms with van der Waals surface area (Å²) < 4.78 is 0.753. The number of halogens is 2. The van der Waals surface area contributed by atoms with Gasteiger partial charge in [-0.3, -0.25) is 4.79 Å². The Morgan fingerprint density at radius 3 is 3.24 bits per heavy atom. The number of pyridine rings is 1. The van der Waals surface area contributed by atoms with Crippen molar-refractivity contribution in [1.29, 1.82) is 0 Å². The molecule has 0 saturated carbocycles. The van der Waals surface area contributed by atoms with Crippen LogP contribution in [0.1, 0.15) is 16.8 Å². The van der Waals surface area contributed by atoms with Gasteiger partial charge in [-0.1, -0.05) is 11.6 Å². The average molecular weight is 336 g/mol. The van der Waals surface area contributed by atoms with Crippen LogP contribution in [0.3, 0.4) is 0 Å². The minimum absolute atomic E-state index is 0.152. The first kappa shape index (κ1) is 13.2. The van der Waals surface area contributed by atoms with Gasteiger partial charge in [0.1, 0.15) is 5.15 Å². The zero-order valence-corrected chi connectivity index (χ0v) is 12.2. The predicted octanol–water partition coefficient (Wildman–Crippen LogP) is 2.98. The Balaban J connectivity index is 1.96. The van der Waals surface area contributed by atoms with Crippen LogP contribution in [0.25, 0.3) is 0 Å². The van der Waals surface area contributed by atoms with E-state index >= 15 is 0 Å². The Morgan fingerprint density at radius 1 is 1.71 bits per heavy atom. The number of thioether (sulfide) groups is 1. The summed E-state index contributed by atoms with van der Waals surface area (Å²) in [7, 11) is 0. The number of amides is 1. The second-order valence-electron chi connectivity index (χ2n) is 3.93. The van der Waals surface area contributed by atoms with Crippen LogP contribution in [-0.4, -0.2) is 28.9 Å². The molecule has 1 unspecified atom stereocenters. The molecule has 2 heterocycles. The fourth-order valence-corrected chi connectivity index (χ4v) is 3.46. The Labute approximate surface area is 118 Å². The molecule has 1 N–H and O–H groups in total. The largest absolute Gasteiger partial charge is 0.352 e. The summed E-state index contributed by atoms with van der Waals surface area (Å²) in [6, 6.07) is 1.69. The van der Waals surface area contributed by atoms with Crippen LogP contribution in [-0.2, 0) is 0 Å². The van der Waals surface area contributed by atoms with Gasteiger partial charge in [0, 0.05) is 17.2 Å². The van der Waals surface area contributed by atoms with Crippen LogP contribution >= 0.6 is 39.3 Å². The highest BCUT2D eigenvalue weighted by molar-refractivity contribution is 9.10. The highest BCUT2D eigenvalue weighted by atomic mass is 79.9. The Hall–Kier alpha value is -0.260. The third kappa shape index (κ3) is 3.60. The van der Waals surface area contributed by atoms with E-state index in [-0.39, 0.29) is 11.1 Å². The van der Waals surface area contributed by atoms with E-state index in [0.717, 1.165) is 10.2 Å². The van der Waals surface area contributed by atoms with Crippen LogP contribution in [0, 0.1) is 5.92 Å². The summed E-state index contributed by atoms with van der Waals surface area (Å²) in [4.78, 5) is 15.8. The molecule has 1 aliphatic rings. The second-order valence-corrected chi connectivity index (χ2v) is 6.36. The third-order valence-electron chi connectivity index (χ3n) is 2.63. The van der Waals surface area contributed by atoms with E-state index in [0.29, 0.717) is 18.0 Å². The van der Waals surface area contributed by atoms with E-state index in [1.54, 1.807) is 12.3 Å². The second kappa shape index (κ2) is 6.07. The summed E-state index contributed by atoms with van der Waals surface area (Å²) in [5, 5.41) is 3.15. The van der Waals surface area contributed by atoms with Gasteiger partial charge >= 0.3 is 0 Å². The highest BCUT2D eigenvalue weighted by Crippen LogP contribution is 2.23. The van der Waals surface area contributed by atoms with E-state index in [1.165, 1.54) is 12.2 Å². The van der Waals surface area contributed by atoms with Gasteiger partial charge in [-0.2, -0.15) is 11.8 Å². The van der Waals surface area contributed by atoms with Crippen LogP contribution in [0.15, 0.2) is 16.7 Å². The molecule has 2 rings (SSSR count). The molecular formula is C11H12BrClN2OS. The minimum atomic E-state index is -0.152. The van der Waals surface area contributed by atoms with Crippen molar-refractivity contribution >= 4 is 45.2 Å². The van der Waals surface area contributed by atoms with Crippen molar-refractivity contribution in [3.05, 3.63) is 27.5 Å². The van der Waals surface area contributed by atoms with Crippen molar-refractivity contribution in [3.63, 3.8) is 0 Å². The van der Waals surface area contributed by atoms with Crippen molar-refractivity contribution in [2.45, 2.75) is 6.42 Å². The maximum Gasteiger partial charge on any atom is 0.254 e. The first-order valence-corrected chi connectivity index (χ1v) is 7.66. The summed E-state index contributed by atoms with van der Waals surface area (Å²) in [6.45, 7) is 0.717. The quantitative estimate of drug-likeness (QED) is 0.864. The van der Waals surface area contributed by atoms with Crippen molar-refractivity contribution in [3.8, 4) is 0 Å². The maximum atomic E-state index is 11.9. The standard InChI is InChI=1S/C11H12BrClN2OS/c12-8-3-9(10(13)14-5-8)11(16)15-4-7-1-2-17-6-7/h3,5,7H,1-2,4,6H2,(H,15,16). The highest BCUT2D eigenvalue weighted by Gasteiger charge is 2.18. The number of carbonyl (C=O) groups is 1. The number of rotatable bonds is 3. The van der Waals surface area contributed by atoms with Gasteiger partial charge in [-0.15, -0.1) is 0 Å². The van der Waals surface area contributed by atoms with Gasteiger partial charge in [-0.25, -0.2) is 4.98 Å². The van der Waals surface area contributed by atoms with Crippen molar-refractivity contribution in [2.75, 3.05) is 18.1 Å². The Bertz CT molecular complexity index is 424. The number of hydrogen-bond acceptors (Lipinski definition) is 3. The third-order valence-corrected chi connectivity index (χ3v) is 4.59. The van der Waals surface area contributed by atoms with Crippen LogP contribution in [0.4, 0.5) is 0 Å². The molecule has 1 atom stereocenters. The number of nitrogens with one attached hydrogen (secondary N) is 1. The molecule has 1 amide bonds. The van der Waals surface area contributed by atoms with Crippen LogP contribution < -0.4 is 5.32 Å². The number of aromatic nitrogens is 1. The normalized spacial score (nSPS) is 19.3. The van der Waals surface area contributed by atoms with Crippen molar-refractivity contribution in [1.82, 2.24) is 10.3 Å². The molecule has 0 radical (unpaired) electrons. The number of hydrogen-bond donors (Lipinski definition) is 1. The molecule has 1 aromatic rings. The lowest BCUT2D eigenvalue weighted by molar-refractivity contribution is 0.0948. The van der Waals surface area contributed by atoms with E-state index in [2.05, 4.69) is 26.2 Å². The smallest absolute Gasteiger partial charge is 0.254 e. The monoisotopic (exact) mass is 334 g/mol. The maximum absolute atomic E-state index is 11.9. The number of carbonyl (C=O) groups excluding carboxylic acids is 1. The zero-order valence-electron chi connectivity index (χ0n) is 9.08. The molecule has 1 aliphatic heterocycles. The van der Waals surface area contributed by atoms with Crippen molar-refractivity contribution in [2.24, 2.45) is 5.92 Å². The summed E-state index contributed by atoms with van der Waals surface area (Å²) in [6.07, 6.45) is 2.75. The molecular weight excluding hydrogens is 324 g/mol. The molecule has 1 aromatic heterocycles. The van der Waals surface area contributed by atoms with Gasteiger partial charge in [0.25, 0.3) is 5.91 Å². The topological polar surface area (TPSA) is 42.0 Å². The molecule has 17 heavy (non-hydrogen) atoms. The molecule has 92 valence electrons. The molecule has 0 aromatic carbocycles. The molecule has 1 fully saturated rings. The van der Waals surface area contributed by atoms with Crippen molar-refractivity contribution < 1.29 is 4.79 Å². The molecule has 0 spiro atoms. The molecule has 1 saturated heterocycles. The molecule has 3 nitrogen and oxygen atoms in total. The summed E-state index contributed by atoms with van der Waals surface area (Å²) in [5.41, 5.74) is 0.423. The summed E-state index contributed by atoms with van der Waals surface area (Å²) >= 11 is 11.1. The van der Waals surface area contributed by atoms with Gasteiger partial charge in [-0.05, 0) is 45.8 Å². The van der Waals surface area contributed by atoms with E-state index in [4.69, 9.17) is 11.6 Å². The summed E-state index contributed by atoms with van der Waals surface area (Å²) in [5.74, 6) is 2.76. The SMILES string of the molecule is O=C(NCC1CCSC1)c1cc(Br)cnc1Cl. The van der Waals surface area contributed by atoms with E-state index < -0.39 is 0 Å². The van der Waals surface area contributed by atoms with Crippen LogP contribution in [0.2, 0.25) is 5.15 Å². The fraction of sp³-hybridized carbons (Fsp3) is 0.455. The lowest BCUT2D eigenvalue weighted by Crippen LogP contribution is -2.29. The Morgan fingerprint density at radius 2 is 2.53 bits per heavy atom. The fourth-order valence-electron chi connectivity index (χ4n) is 1.66. The number of nitrogens with zero attached hydrogens (tertiary/aromatic N) is 1. The zero-order chi connectivity index (χ0) is 12.3. The Kier molecular flexibility index (Phi) is 4.70.